The van der Waals surface area contributed by atoms with Crippen molar-refractivity contribution < 1.29 is 12.0 Å². The Balaban J connectivity index is 2.92. The summed E-state index contributed by atoms with van der Waals surface area (Å²) in [5.41, 5.74) is 0. The molecule has 0 aliphatic heterocycles. The van der Waals surface area contributed by atoms with Crippen molar-refractivity contribution in [2.24, 2.45) is 0 Å². The first kappa shape index (κ1) is 13.6. The molecular formula is C7H5BrCl2O3S2. The lowest BCUT2D eigenvalue weighted by Gasteiger charge is -2.03. The third-order valence-corrected chi connectivity index (χ3v) is 5.35. The van der Waals surface area contributed by atoms with Gasteiger partial charge in [0.1, 0.15) is 4.66 Å². The van der Waals surface area contributed by atoms with E-state index in [0.717, 1.165) is 0 Å². The topological polar surface area (TPSA) is 43.4 Å². The van der Waals surface area contributed by atoms with Crippen molar-refractivity contribution in [3.05, 3.63) is 28.2 Å². The molecule has 0 amide bonds. The van der Waals surface area contributed by atoms with Crippen LogP contribution < -0.4 is 0 Å². The van der Waals surface area contributed by atoms with Crippen molar-refractivity contribution in [2.75, 3.05) is 4.66 Å². The summed E-state index contributed by atoms with van der Waals surface area (Å²) in [6, 6.07) is 4.64. The van der Waals surface area contributed by atoms with Gasteiger partial charge in [-0.1, -0.05) is 45.2 Å². The molecule has 0 fully saturated rings. The standard InChI is InChI=1S/C7H5BrCl2O3S2/c8-4-14(11)13-15(12)6-3-1-2-5(9)7(6)10/h1-3H,4H2. The molecule has 1 aromatic rings. The Morgan fingerprint density at radius 2 is 2.00 bits per heavy atom. The van der Waals surface area contributed by atoms with Crippen LogP contribution >= 0.6 is 39.1 Å². The Morgan fingerprint density at radius 3 is 2.60 bits per heavy atom. The lowest BCUT2D eigenvalue weighted by atomic mass is 10.4. The zero-order chi connectivity index (χ0) is 11.4. The highest BCUT2D eigenvalue weighted by Crippen LogP contribution is 2.28. The van der Waals surface area contributed by atoms with Crippen molar-refractivity contribution in [3.63, 3.8) is 0 Å². The molecule has 0 aromatic heterocycles. The van der Waals surface area contributed by atoms with Gasteiger partial charge in [-0.2, -0.15) is 3.63 Å². The van der Waals surface area contributed by atoms with E-state index >= 15 is 0 Å². The largest absolute Gasteiger partial charge is 0.228 e. The van der Waals surface area contributed by atoms with Gasteiger partial charge in [0.2, 0.25) is 11.1 Å². The molecule has 0 bridgehead atoms. The smallest absolute Gasteiger partial charge is 0.204 e. The van der Waals surface area contributed by atoms with E-state index in [1.54, 1.807) is 12.1 Å². The van der Waals surface area contributed by atoms with Gasteiger partial charge in [-0.25, -0.2) is 8.42 Å². The second-order valence-electron chi connectivity index (χ2n) is 2.27. The predicted molar refractivity (Wildman–Crippen MR) is 65.9 cm³/mol. The maximum atomic E-state index is 11.5. The zero-order valence-electron chi connectivity index (χ0n) is 7.11. The van der Waals surface area contributed by atoms with E-state index in [1.165, 1.54) is 6.07 Å². The van der Waals surface area contributed by atoms with E-state index in [4.69, 9.17) is 23.2 Å². The van der Waals surface area contributed by atoms with Crippen LogP contribution in [0.25, 0.3) is 0 Å². The molecule has 0 heterocycles. The van der Waals surface area contributed by atoms with Crippen LogP contribution in [0.4, 0.5) is 0 Å². The average Bonchev–Trinajstić information content (AvgIpc) is 2.21. The van der Waals surface area contributed by atoms with Gasteiger partial charge in [0.15, 0.2) is 11.1 Å². The average molecular weight is 352 g/mol. The quantitative estimate of drug-likeness (QED) is 0.783. The number of rotatable bonds is 4. The monoisotopic (exact) mass is 350 g/mol. The summed E-state index contributed by atoms with van der Waals surface area (Å²) >= 11 is 10.9. The van der Waals surface area contributed by atoms with Crippen molar-refractivity contribution >= 4 is 61.3 Å². The summed E-state index contributed by atoms with van der Waals surface area (Å²) in [7, 11) is 0. The van der Waals surface area contributed by atoms with Gasteiger partial charge in [0.25, 0.3) is 0 Å². The minimum atomic E-state index is -1.88. The molecule has 84 valence electrons. The highest BCUT2D eigenvalue weighted by molar-refractivity contribution is 9.10. The van der Waals surface area contributed by atoms with Gasteiger partial charge in [-0.15, -0.1) is 0 Å². The Hall–Kier alpha value is 0.540. The number of benzene rings is 1. The Morgan fingerprint density at radius 1 is 1.33 bits per heavy atom. The van der Waals surface area contributed by atoms with Crippen LogP contribution in [0.1, 0.15) is 0 Å². The first-order valence-electron chi connectivity index (χ1n) is 3.55. The molecule has 2 atom stereocenters. The highest BCUT2D eigenvalue weighted by Gasteiger charge is 2.14. The van der Waals surface area contributed by atoms with E-state index in [-0.39, 0.29) is 19.6 Å². The molecule has 0 radical (unpaired) electrons. The number of halogens is 3. The van der Waals surface area contributed by atoms with Gasteiger partial charge in [-0.05, 0) is 12.1 Å². The fourth-order valence-corrected chi connectivity index (χ4v) is 3.40. The summed E-state index contributed by atoms with van der Waals surface area (Å²) in [6.07, 6.45) is 0. The van der Waals surface area contributed by atoms with Crippen LogP contribution in [0.5, 0.6) is 0 Å². The molecule has 1 rings (SSSR count). The van der Waals surface area contributed by atoms with Crippen molar-refractivity contribution in [3.8, 4) is 0 Å². The number of hydrogen-bond acceptors (Lipinski definition) is 3. The fourth-order valence-electron chi connectivity index (χ4n) is 0.736. The minimum absolute atomic E-state index is 0.0803. The van der Waals surface area contributed by atoms with Crippen LogP contribution in [0.2, 0.25) is 10.0 Å². The molecule has 2 unspecified atom stereocenters. The summed E-state index contributed by atoms with van der Waals surface area (Å²) in [5, 5.41) is 0.416. The molecule has 0 aliphatic rings. The van der Waals surface area contributed by atoms with Crippen molar-refractivity contribution in [1.82, 2.24) is 0 Å². The van der Waals surface area contributed by atoms with Crippen molar-refractivity contribution in [2.45, 2.75) is 4.90 Å². The maximum absolute atomic E-state index is 11.5. The van der Waals surface area contributed by atoms with Crippen LogP contribution in [0, 0.1) is 0 Å². The van der Waals surface area contributed by atoms with Gasteiger partial charge >= 0.3 is 0 Å². The normalized spacial score (nSPS) is 14.9. The molecular weight excluding hydrogens is 347 g/mol. The SMILES string of the molecule is O=S(CBr)OS(=O)c1cccc(Cl)c1Cl. The van der Waals surface area contributed by atoms with E-state index in [1.807, 2.05) is 0 Å². The molecule has 0 aliphatic carbocycles. The second kappa shape index (κ2) is 6.32. The Labute approximate surface area is 111 Å². The molecule has 0 saturated heterocycles. The molecule has 1 aromatic carbocycles. The first-order valence-corrected chi connectivity index (χ1v) is 7.75. The lowest BCUT2D eigenvalue weighted by Crippen LogP contribution is -2.03. The third-order valence-electron chi connectivity index (χ3n) is 1.32. The minimum Gasteiger partial charge on any atom is -0.228 e. The van der Waals surface area contributed by atoms with Crippen LogP contribution in [0.3, 0.4) is 0 Å². The summed E-state index contributed by atoms with van der Waals surface area (Å²) in [6.45, 7) is 0. The van der Waals surface area contributed by atoms with E-state index in [0.29, 0.717) is 0 Å². The fraction of sp³-hybridized carbons (Fsp3) is 0.143. The van der Waals surface area contributed by atoms with Gasteiger partial charge in [0.05, 0.1) is 14.9 Å². The highest BCUT2D eigenvalue weighted by atomic mass is 79.9. The molecule has 0 N–H and O–H groups in total. The van der Waals surface area contributed by atoms with Gasteiger partial charge in [0, 0.05) is 0 Å². The zero-order valence-corrected chi connectivity index (χ0v) is 11.8. The number of alkyl halides is 1. The molecule has 0 spiro atoms. The first-order chi connectivity index (χ1) is 7.06. The van der Waals surface area contributed by atoms with Gasteiger partial charge in [-0.3, -0.25) is 0 Å². The van der Waals surface area contributed by atoms with E-state index in [2.05, 4.69) is 19.6 Å². The van der Waals surface area contributed by atoms with Crippen LogP contribution in [0.15, 0.2) is 23.1 Å². The molecule has 3 nitrogen and oxygen atoms in total. The summed E-state index contributed by atoms with van der Waals surface area (Å²) in [5.74, 6) is 0. The third kappa shape index (κ3) is 3.80. The lowest BCUT2D eigenvalue weighted by molar-refractivity contribution is 0.569. The Bertz CT molecular complexity index is 413. The van der Waals surface area contributed by atoms with Gasteiger partial charge < -0.3 is 0 Å². The Kier molecular flexibility index (Phi) is 5.73. The van der Waals surface area contributed by atoms with E-state index in [9.17, 15) is 8.42 Å². The second-order valence-corrected chi connectivity index (χ2v) is 6.71. The van der Waals surface area contributed by atoms with Crippen molar-refractivity contribution in [1.29, 1.82) is 0 Å². The number of hydrogen-bond donors (Lipinski definition) is 0. The summed E-state index contributed by atoms with van der Waals surface area (Å²) in [4.78, 5) is 0.207. The predicted octanol–water partition coefficient (Wildman–Crippen LogP) is 3.05. The van der Waals surface area contributed by atoms with E-state index < -0.39 is 22.2 Å². The molecule has 15 heavy (non-hydrogen) atoms. The summed E-state index contributed by atoms with van der Waals surface area (Å²) < 4.78 is 27.2. The van der Waals surface area contributed by atoms with Crippen LogP contribution in [-0.4, -0.2) is 13.1 Å². The molecule has 0 saturated carbocycles. The maximum Gasteiger partial charge on any atom is 0.204 e. The van der Waals surface area contributed by atoms with Crippen LogP contribution in [-0.2, 0) is 25.8 Å². The molecule has 8 heteroatoms.